The number of hydrogen-bond acceptors (Lipinski definition) is 4. The van der Waals surface area contributed by atoms with Crippen LogP contribution < -0.4 is 5.32 Å². The third kappa shape index (κ3) is 2.99. The zero-order valence-corrected chi connectivity index (χ0v) is 12.4. The molecule has 0 saturated heterocycles. The maximum absolute atomic E-state index is 11.9. The minimum Gasteiger partial charge on any atom is -0.458 e. The molecule has 4 nitrogen and oxygen atoms in total. The molecule has 0 aliphatic carbocycles. The Labute approximate surface area is 126 Å². The molecule has 0 fully saturated rings. The van der Waals surface area contributed by atoms with Gasteiger partial charge >= 0.3 is 0 Å². The maximum atomic E-state index is 11.9. The summed E-state index contributed by atoms with van der Waals surface area (Å²) < 4.78 is 11.2. The van der Waals surface area contributed by atoms with Gasteiger partial charge in [-0.3, -0.25) is 4.79 Å². The molecule has 0 saturated carbocycles. The van der Waals surface area contributed by atoms with E-state index in [1.165, 1.54) is 11.3 Å². The third-order valence-electron chi connectivity index (χ3n) is 3.24. The van der Waals surface area contributed by atoms with E-state index in [0.29, 0.717) is 17.2 Å². The second-order valence-electron chi connectivity index (χ2n) is 4.60. The first-order chi connectivity index (χ1) is 10.3. The molecule has 0 bridgehead atoms. The van der Waals surface area contributed by atoms with Crippen molar-refractivity contribution in [2.45, 2.75) is 6.10 Å². The highest BCUT2D eigenvalue weighted by atomic mass is 32.1. The monoisotopic (exact) mass is 301 g/mol. The number of benzene rings is 1. The van der Waals surface area contributed by atoms with Crippen molar-refractivity contribution in [3.63, 3.8) is 0 Å². The van der Waals surface area contributed by atoms with Crippen LogP contribution in [0.4, 0.5) is 0 Å². The topological polar surface area (TPSA) is 51.5 Å². The summed E-state index contributed by atoms with van der Waals surface area (Å²) in [4.78, 5) is 12.6. The number of carbonyl (C=O) groups is 1. The molecule has 21 heavy (non-hydrogen) atoms. The lowest BCUT2D eigenvalue weighted by molar-refractivity contribution is 0.0749. The lowest BCUT2D eigenvalue weighted by Gasteiger charge is -2.13. The summed E-state index contributed by atoms with van der Waals surface area (Å²) in [6.45, 7) is 0.368. The van der Waals surface area contributed by atoms with E-state index in [9.17, 15) is 4.79 Å². The van der Waals surface area contributed by atoms with Gasteiger partial charge in [0.25, 0.3) is 5.91 Å². The Bertz CT molecular complexity index is 700. The van der Waals surface area contributed by atoms with Crippen LogP contribution in [0.3, 0.4) is 0 Å². The van der Waals surface area contributed by atoms with E-state index in [4.69, 9.17) is 9.15 Å². The molecule has 2 heterocycles. The van der Waals surface area contributed by atoms with Gasteiger partial charge < -0.3 is 14.5 Å². The van der Waals surface area contributed by atoms with E-state index < -0.39 is 0 Å². The molecule has 1 atom stereocenters. The lowest BCUT2D eigenvalue weighted by atomic mass is 10.2. The molecule has 0 spiro atoms. The minimum absolute atomic E-state index is 0.0943. The van der Waals surface area contributed by atoms with E-state index in [-0.39, 0.29) is 12.0 Å². The number of hydrogen-bond donors (Lipinski definition) is 1. The number of para-hydroxylation sites is 1. The van der Waals surface area contributed by atoms with Crippen LogP contribution in [0.2, 0.25) is 0 Å². The van der Waals surface area contributed by atoms with Crippen LogP contribution in [-0.2, 0) is 4.74 Å². The van der Waals surface area contributed by atoms with Gasteiger partial charge in [0, 0.05) is 12.5 Å². The molecule has 1 amide bonds. The second kappa shape index (κ2) is 6.11. The van der Waals surface area contributed by atoms with Crippen LogP contribution in [0, 0.1) is 0 Å². The predicted octanol–water partition coefficient (Wildman–Crippen LogP) is 3.61. The summed E-state index contributed by atoms with van der Waals surface area (Å²) in [5, 5.41) is 5.77. The molecule has 2 aromatic heterocycles. The molecule has 1 aromatic carbocycles. The number of carbonyl (C=O) groups excluding carboxylic acids is 1. The van der Waals surface area contributed by atoms with Gasteiger partial charge in [0.05, 0.1) is 11.4 Å². The van der Waals surface area contributed by atoms with Crippen molar-refractivity contribution in [1.29, 1.82) is 0 Å². The average molecular weight is 301 g/mol. The SMILES string of the molecule is COC(CNC(=O)c1cccs1)c1cc2ccccc2o1. The van der Waals surface area contributed by atoms with Crippen molar-refractivity contribution in [2.75, 3.05) is 13.7 Å². The van der Waals surface area contributed by atoms with Crippen molar-refractivity contribution in [2.24, 2.45) is 0 Å². The van der Waals surface area contributed by atoms with Crippen LogP contribution in [0.15, 0.2) is 52.3 Å². The van der Waals surface area contributed by atoms with Crippen LogP contribution in [0.1, 0.15) is 21.5 Å². The Morgan fingerprint density at radius 1 is 1.33 bits per heavy atom. The number of nitrogens with one attached hydrogen (secondary N) is 1. The van der Waals surface area contributed by atoms with Crippen LogP contribution in [0.25, 0.3) is 11.0 Å². The fourth-order valence-corrected chi connectivity index (χ4v) is 2.78. The summed E-state index contributed by atoms with van der Waals surface area (Å²) in [5.74, 6) is 0.619. The van der Waals surface area contributed by atoms with Gasteiger partial charge in [-0.2, -0.15) is 0 Å². The summed E-state index contributed by atoms with van der Waals surface area (Å²) in [7, 11) is 1.61. The van der Waals surface area contributed by atoms with E-state index in [1.807, 2.05) is 41.8 Å². The van der Waals surface area contributed by atoms with Crippen LogP contribution >= 0.6 is 11.3 Å². The number of furan rings is 1. The van der Waals surface area contributed by atoms with Crippen molar-refractivity contribution >= 4 is 28.2 Å². The molecule has 1 unspecified atom stereocenters. The molecule has 3 rings (SSSR count). The molecule has 0 radical (unpaired) electrons. The summed E-state index contributed by atoms with van der Waals surface area (Å²) >= 11 is 1.41. The lowest BCUT2D eigenvalue weighted by Crippen LogP contribution is -2.28. The standard InChI is InChI=1S/C16H15NO3S/c1-19-14(10-17-16(18)15-7-4-8-21-15)13-9-11-5-2-3-6-12(11)20-13/h2-9,14H,10H2,1H3,(H,17,18). The molecule has 0 aliphatic heterocycles. The predicted molar refractivity (Wildman–Crippen MR) is 82.6 cm³/mol. The van der Waals surface area contributed by atoms with Gasteiger partial charge in [0.1, 0.15) is 17.4 Å². The number of methoxy groups -OCH3 is 1. The fraction of sp³-hybridized carbons (Fsp3) is 0.188. The van der Waals surface area contributed by atoms with Gasteiger partial charge in [-0.05, 0) is 23.6 Å². The Kier molecular flexibility index (Phi) is 4.03. The van der Waals surface area contributed by atoms with Crippen molar-refractivity contribution in [1.82, 2.24) is 5.32 Å². The quantitative estimate of drug-likeness (QED) is 0.783. The Morgan fingerprint density at radius 3 is 2.90 bits per heavy atom. The number of rotatable bonds is 5. The van der Waals surface area contributed by atoms with Crippen molar-refractivity contribution in [3.05, 3.63) is 58.5 Å². The summed E-state index contributed by atoms with van der Waals surface area (Å²) in [6.07, 6.45) is -0.304. The largest absolute Gasteiger partial charge is 0.458 e. The minimum atomic E-state index is -0.304. The Morgan fingerprint density at radius 2 is 2.19 bits per heavy atom. The highest BCUT2D eigenvalue weighted by molar-refractivity contribution is 7.12. The van der Waals surface area contributed by atoms with Gasteiger partial charge in [-0.25, -0.2) is 0 Å². The molecular weight excluding hydrogens is 286 g/mol. The molecular formula is C16H15NO3S. The van der Waals surface area contributed by atoms with E-state index >= 15 is 0 Å². The zero-order valence-electron chi connectivity index (χ0n) is 11.5. The van der Waals surface area contributed by atoms with Crippen molar-refractivity contribution in [3.8, 4) is 0 Å². The van der Waals surface area contributed by atoms with E-state index in [2.05, 4.69) is 5.32 Å². The van der Waals surface area contributed by atoms with Crippen molar-refractivity contribution < 1.29 is 13.9 Å². The van der Waals surface area contributed by atoms with Crippen LogP contribution in [0.5, 0.6) is 0 Å². The number of thiophene rings is 1. The second-order valence-corrected chi connectivity index (χ2v) is 5.55. The number of amides is 1. The summed E-state index contributed by atoms with van der Waals surface area (Å²) in [6, 6.07) is 13.4. The van der Waals surface area contributed by atoms with Gasteiger partial charge in [-0.1, -0.05) is 24.3 Å². The highest BCUT2D eigenvalue weighted by Crippen LogP contribution is 2.25. The number of fused-ring (bicyclic) bond motifs is 1. The molecule has 0 aliphatic rings. The van der Waals surface area contributed by atoms with E-state index in [1.54, 1.807) is 13.2 Å². The van der Waals surface area contributed by atoms with Gasteiger partial charge in [0.15, 0.2) is 0 Å². The molecule has 5 heteroatoms. The first-order valence-corrected chi connectivity index (χ1v) is 7.49. The maximum Gasteiger partial charge on any atom is 0.261 e. The zero-order chi connectivity index (χ0) is 14.7. The Hall–Kier alpha value is -2.11. The Balaban J connectivity index is 1.71. The summed E-state index contributed by atoms with van der Waals surface area (Å²) in [5.41, 5.74) is 0.819. The first-order valence-electron chi connectivity index (χ1n) is 6.61. The smallest absolute Gasteiger partial charge is 0.261 e. The van der Waals surface area contributed by atoms with E-state index in [0.717, 1.165) is 11.0 Å². The average Bonchev–Trinajstić information content (AvgIpc) is 3.17. The number of ether oxygens (including phenoxy) is 1. The van der Waals surface area contributed by atoms with Gasteiger partial charge in [0.2, 0.25) is 0 Å². The molecule has 3 aromatic rings. The molecule has 1 N–H and O–H groups in total. The highest BCUT2D eigenvalue weighted by Gasteiger charge is 2.17. The third-order valence-corrected chi connectivity index (χ3v) is 4.11. The first kappa shape index (κ1) is 13.9. The van der Waals surface area contributed by atoms with Gasteiger partial charge in [-0.15, -0.1) is 11.3 Å². The normalized spacial score (nSPS) is 12.4. The van der Waals surface area contributed by atoms with Crippen LogP contribution in [-0.4, -0.2) is 19.6 Å². The molecule has 108 valence electrons. The fourth-order valence-electron chi connectivity index (χ4n) is 2.14.